The molecule has 1 heterocycles. The van der Waals surface area contributed by atoms with Crippen molar-refractivity contribution >= 4 is 5.96 Å². The Morgan fingerprint density at radius 2 is 1.95 bits per heavy atom. The van der Waals surface area contributed by atoms with E-state index in [4.69, 9.17) is 4.99 Å². The summed E-state index contributed by atoms with van der Waals surface area (Å²) < 4.78 is 0. The lowest BCUT2D eigenvalue weighted by Gasteiger charge is -2.28. The third-order valence-corrected chi connectivity index (χ3v) is 4.48. The Bertz CT molecular complexity index is 523. The van der Waals surface area contributed by atoms with Crippen LogP contribution in [0, 0.1) is 6.92 Å². The minimum Gasteiger partial charge on any atom is -0.355 e. The van der Waals surface area contributed by atoms with Crippen LogP contribution in [0.1, 0.15) is 60.9 Å². The number of hydrogen-bond acceptors (Lipinski definition) is 1. The van der Waals surface area contributed by atoms with Crippen molar-refractivity contribution in [2.24, 2.45) is 4.99 Å². The fourth-order valence-electron chi connectivity index (χ4n) is 3.44. The Balaban J connectivity index is 2.05. The van der Waals surface area contributed by atoms with E-state index in [1.807, 2.05) is 0 Å². The first-order valence-corrected chi connectivity index (χ1v) is 7.84. The van der Waals surface area contributed by atoms with Gasteiger partial charge in [-0.05, 0) is 54.4 Å². The van der Waals surface area contributed by atoms with Gasteiger partial charge in [0.1, 0.15) is 0 Å². The van der Waals surface area contributed by atoms with E-state index in [9.17, 15) is 0 Å². The number of aliphatic imine (C=N–C) groups is 1. The topological polar surface area (TPSA) is 36.4 Å². The van der Waals surface area contributed by atoms with Crippen LogP contribution >= 0.6 is 0 Å². The highest BCUT2D eigenvalue weighted by molar-refractivity contribution is 5.81. The second kappa shape index (κ2) is 5.47. The third kappa shape index (κ3) is 2.41. The molecule has 0 aromatic heterocycles. The molecule has 0 saturated carbocycles. The van der Waals surface area contributed by atoms with Gasteiger partial charge in [-0.1, -0.05) is 26.0 Å². The molecule has 1 aromatic rings. The van der Waals surface area contributed by atoms with Gasteiger partial charge in [0.2, 0.25) is 0 Å². The molecular formula is C17H25N3. The molecule has 2 aliphatic rings. The first-order chi connectivity index (χ1) is 9.66. The molecule has 0 amide bonds. The van der Waals surface area contributed by atoms with Gasteiger partial charge in [-0.2, -0.15) is 0 Å². The molecule has 2 N–H and O–H groups in total. The summed E-state index contributed by atoms with van der Waals surface area (Å²) in [6.45, 7) is 8.79. The highest BCUT2D eigenvalue weighted by Crippen LogP contribution is 2.39. The summed E-state index contributed by atoms with van der Waals surface area (Å²) in [5.74, 6) is 1.55. The number of benzene rings is 1. The first-order valence-electron chi connectivity index (χ1n) is 7.84. The number of nitrogens with one attached hydrogen (secondary N) is 2. The molecule has 3 heteroatoms. The molecule has 1 fully saturated rings. The van der Waals surface area contributed by atoms with E-state index in [-0.39, 0.29) is 0 Å². The van der Waals surface area contributed by atoms with Crippen molar-refractivity contribution in [2.45, 2.75) is 52.0 Å². The molecule has 1 unspecified atom stereocenters. The van der Waals surface area contributed by atoms with Crippen LogP contribution in [0.25, 0.3) is 0 Å². The second-order valence-corrected chi connectivity index (χ2v) is 6.26. The standard InChI is InChI=1S/C17H25N3/c1-11(2)13-8-7-12(3)14-5-4-6-15(16(13)14)20-17-18-9-10-19-17/h7-8,11,15H,4-6,9-10H2,1-3H3,(H2,18,19,20). The van der Waals surface area contributed by atoms with E-state index in [1.54, 1.807) is 5.56 Å². The van der Waals surface area contributed by atoms with Crippen molar-refractivity contribution in [1.29, 1.82) is 0 Å². The largest absolute Gasteiger partial charge is 0.355 e. The van der Waals surface area contributed by atoms with Gasteiger partial charge in [-0.3, -0.25) is 0 Å². The fourth-order valence-corrected chi connectivity index (χ4v) is 3.44. The van der Waals surface area contributed by atoms with E-state index >= 15 is 0 Å². The second-order valence-electron chi connectivity index (χ2n) is 6.26. The van der Waals surface area contributed by atoms with Gasteiger partial charge in [0.25, 0.3) is 0 Å². The SMILES string of the molecule is Cc1ccc(C(C)C)c2c1CCCC2N=C1NCCN1. The zero-order chi connectivity index (χ0) is 14.1. The van der Waals surface area contributed by atoms with Crippen molar-refractivity contribution in [3.63, 3.8) is 0 Å². The van der Waals surface area contributed by atoms with Crippen molar-refractivity contribution in [1.82, 2.24) is 10.6 Å². The zero-order valence-electron chi connectivity index (χ0n) is 12.8. The first kappa shape index (κ1) is 13.5. The monoisotopic (exact) mass is 271 g/mol. The highest BCUT2D eigenvalue weighted by atomic mass is 15.2. The Hall–Kier alpha value is -1.51. The summed E-state index contributed by atoms with van der Waals surface area (Å²) in [5, 5.41) is 6.67. The highest BCUT2D eigenvalue weighted by Gasteiger charge is 2.26. The molecule has 1 atom stereocenters. The van der Waals surface area contributed by atoms with Gasteiger partial charge in [0, 0.05) is 13.1 Å². The number of nitrogens with zero attached hydrogens (tertiary/aromatic N) is 1. The van der Waals surface area contributed by atoms with Crippen LogP contribution < -0.4 is 10.6 Å². The van der Waals surface area contributed by atoms with Crippen molar-refractivity contribution in [3.8, 4) is 0 Å². The molecule has 0 spiro atoms. The van der Waals surface area contributed by atoms with E-state index < -0.39 is 0 Å². The fraction of sp³-hybridized carbons (Fsp3) is 0.588. The van der Waals surface area contributed by atoms with Gasteiger partial charge < -0.3 is 10.6 Å². The molecule has 0 bridgehead atoms. The van der Waals surface area contributed by atoms with E-state index in [0.29, 0.717) is 12.0 Å². The van der Waals surface area contributed by atoms with Crippen LogP contribution in [0.2, 0.25) is 0 Å². The van der Waals surface area contributed by atoms with Gasteiger partial charge in [-0.15, -0.1) is 0 Å². The lowest BCUT2D eigenvalue weighted by atomic mass is 9.80. The maximum atomic E-state index is 4.95. The summed E-state index contributed by atoms with van der Waals surface area (Å²) in [4.78, 5) is 4.95. The number of guanidine groups is 1. The number of fused-ring (bicyclic) bond motifs is 1. The molecule has 108 valence electrons. The lowest BCUT2D eigenvalue weighted by Crippen LogP contribution is -2.26. The normalized spacial score (nSPS) is 21.4. The molecule has 0 radical (unpaired) electrons. The number of aryl methyl sites for hydroxylation is 1. The van der Waals surface area contributed by atoms with Crippen LogP contribution in [-0.4, -0.2) is 19.0 Å². The van der Waals surface area contributed by atoms with Crippen molar-refractivity contribution in [2.75, 3.05) is 13.1 Å². The predicted molar refractivity (Wildman–Crippen MR) is 84.4 cm³/mol. The van der Waals surface area contributed by atoms with Gasteiger partial charge in [0.15, 0.2) is 5.96 Å². The van der Waals surface area contributed by atoms with Crippen LogP contribution in [0.4, 0.5) is 0 Å². The molecule has 1 saturated heterocycles. The van der Waals surface area contributed by atoms with E-state index in [1.165, 1.54) is 36.0 Å². The zero-order valence-corrected chi connectivity index (χ0v) is 12.8. The summed E-state index contributed by atoms with van der Waals surface area (Å²) in [6, 6.07) is 4.92. The molecule has 20 heavy (non-hydrogen) atoms. The van der Waals surface area contributed by atoms with E-state index in [2.05, 4.69) is 43.5 Å². The van der Waals surface area contributed by atoms with Crippen molar-refractivity contribution < 1.29 is 0 Å². The Kier molecular flexibility index (Phi) is 3.68. The Morgan fingerprint density at radius 1 is 1.20 bits per heavy atom. The third-order valence-electron chi connectivity index (χ3n) is 4.48. The molecule has 1 aliphatic carbocycles. The molecular weight excluding hydrogens is 246 g/mol. The number of rotatable bonds is 2. The summed E-state index contributed by atoms with van der Waals surface area (Å²) in [7, 11) is 0. The molecule has 1 aliphatic heterocycles. The smallest absolute Gasteiger partial charge is 0.192 e. The lowest BCUT2D eigenvalue weighted by molar-refractivity contribution is 0.558. The Labute approximate surface area is 121 Å². The minimum absolute atomic E-state index is 0.323. The summed E-state index contributed by atoms with van der Waals surface area (Å²) in [5.41, 5.74) is 5.98. The van der Waals surface area contributed by atoms with E-state index in [0.717, 1.165) is 19.0 Å². The maximum absolute atomic E-state index is 4.95. The molecule has 1 aromatic carbocycles. The maximum Gasteiger partial charge on any atom is 0.192 e. The average molecular weight is 271 g/mol. The minimum atomic E-state index is 0.323. The Morgan fingerprint density at radius 3 is 2.65 bits per heavy atom. The number of hydrogen-bond donors (Lipinski definition) is 2. The van der Waals surface area contributed by atoms with Crippen LogP contribution in [0.15, 0.2) is 17.1 Å². The predicted octanol–water partition coefficient (Wildman–Crippen LogP) is 3.04. The van der Waals surface area contributed by atoms with Gasteiger partial charge in [0.05, 0.1) is 6.04 Å². The van der Waals surface area contributed by atoms with Crippen molar-refractivity contribution in [3.05, 3.63) is 34.4 Å². The summed E-state index contributed by atoms with van der Waals surface area (Å²) >= 11 is 0. The van der Waals surface area contributed by atoms with Crippen LogP contribution in [0.5, 0.6) is 0 Å². The van der Waals surface area contributed by atoms with Gasteiger partial charge >= 0.3 is 0 Å². The summed E-state index contributed by atoms with van der Waals surface area (Å²) in [6.07, 6.45) is 3.63. The van der Waals surface area contributed by atoms with Crippen LogP contribution in [-0.2, 0) is 6.42 Å². The quantitative estimate of drug-likeness (QED) is 0.867. The molecule has 3 rings (SSSR count). The average Bonchev–Trinajstić information content (AvgIpc) is 2.92. The van der Waals surface area contributed by atoms with Crippen LogP contribution in [0.3, 0.4) is 0 Å². The van der Waals surface area contributed by atoms with Gasteiger partial charge in [-0.25, -0.2) is 4.99 Å². The molecule has 3 nitrogen and oxygen atoms in total.